The van der Waals surface area contributed by atoms with Crippen molar-refractivity contribution in [2.75, 3.05) is 6.61 Å². The van der Waals surface area contributed by atoms with E-state index in [1.165, 1.54) is 6.07 Å². The fourth-order valence-corrected chi connectivity index (χ4v) is 1.80. The minimum atomic E-state index is -1.27. The zero-order valence-corrected chi connectivity index (χ0v) is 11.6. The van der Waals surface area contributed by atoms with Gasteiger partial charge in [-0.1, -0.05) is 45.2 Å². The SMILES string of the molecule is CCCCC(CC)COOc1ccccc1C(=O)[O-]. The number of carbonyl (C=O) groups excluding carboxylic acids is 1. The van der Waals surface area contributed by atoms with Gasteiger partial charge in [0.05, 0.1) is 12.6 Å². The number of hydrogen-bond donors (Lipinski definition) is 0. The maximum atomic E-state index is 10.9. The molecule has 106 valence electrons. The molecule has 0 radical (unpaired) electrons. The van der Waals surface area contributed by atoms with Crippen LogP contribution in [0.25, 0.3) is 0 Å². The average Bonchev–Trinajstić information content (AvgIpc) is 2.43. The van der Waals surface area contributed by atoms with Gasteiger partial charge in [-0.3, -0.25) is 0 Å². The van der Waals surface area contributed by atoms with Crippen molar-refractivity contribution in [3.63, 3.8) is 0 Å². The Bertz CT molecular complexity index is 389. The van der Waals surface area contributed by atoms with Crippen LogP contribution in [0.1, 0.15) is 49.9 Å². The van der Waals surface area contributed by atoms with Gasteiger partial charge in [0, 0.05) is 5.56 Å². The summed E-state index contributed by atoms with van der Waals surface area (Å²) in [7, 11) is 0. The summed E-state index contributed by atoms with van der Waals surface area (Å²) in [5.41, 5.74) is 0.00380. The lowest BCUT2D eigenvalue weighted by Crippen LogP contribution is -2.23. The molecule has 0 saturated heterocycles. The zero-order chi connectivity index (χ0) is 14.1. The van der Waals surface area contributed by atoms with Crippen molar-refractivity contribution in [3.05, 3.63) is 29.8 Å². The molecule has 1 aromatic carbocycles. The number of carbonyl (C=O) groups is 1. The highest BCUT2D eigenvalue weighted by atomic mass is 17.2. The van der Waals surface area contributed by atoms with Crippen molar-refractivity contribution in [2.24, 2.45) is 5.92 Å². The van der Waals surface area contributed by atoms with Crippen LogP contribution in [0, 0.1) is 5.92 Å². The topological polar surface area (TPSA) is 58.6 Å². The first-order valence-corrected chi connectivity index (χ1v) is 6.78. The third-order valence-electron chi connectivity index (χ3n) is 3.10. The number of rotatable bonds is 9. The van der Waals surface area contributed by atoms with Crippen LogP contribution in [0.3, 0.4) is 0 Å². The molecule has 4 heteroatoms. The summed E-state index contributed by atoms with van der Waals surface area (Å²) < 4.78 is 0. The van der Waals surface area contributed by atoms with E-state index in [0.717, 1.165) is 25.7 Å². The summed E-state index contributed by atoms with van der Waals surface area (Å²) >= 11 is 0. The quantitative estimate of drug-likeness (QED) is 0.508. The lowest BCUT2D eigenvalue weighted by molar-refractivity contribution is -0.256. The molecular formula is C15H21O4-. The lowest BCUT2D eigenvalue weighted by Gasteiger charge is -2.15. The summed E-state index contributed by atoms with van der Waals surface area (Å²) in [6.07, 6.45) is 4.44. The number of benzene rings is 1. The fraction of sp³-hybridized carbons (Fsp3) is 0.533. The Balaban J connectivity index is 2.46. The van der Waals surface area contributed by atoms with E-state index in [-0.39, 0.29) is 11.3 Å². The second-order valence-electron chi connectivity index (χ2n) is 4.57. The third-order valence-corrected chi connectivity index (χ3v) is 3.10. The highest BCUT2D eigenvalue weighted by molar-refractivity contribution is 5.89. The molecule has 0 saturated carbocycles. The molecule has 1 rings (SSSR count). The Hall–Kier alpha value is -1.55. The molecule has 19 heavy (non-hydrogen) atoms. The van der Waals surface area contributed by atoms with Gasteiger partial charge in [0.1, 0.15) is 0 Å². The molecule has 0 aliphatic heterocycles. The molecule has 0 fully saturated rings. The predicted octanol–water partition coefficient (Wildman–Crippen LogP) is 2.58. The zero-order valence-electron chi connectivity index (χ0n) is 11.6. The first-order valence-electron chi connectivity index (χ1n) is 6.78. The van der Waals surface area contributed by atoms with Crippen LogP contribution in [0.4, 0.5) is 0 Å². The van der Waals surface area contributed by atoms with E-state index in [0.29, 0.717) is 12.5 Å². The molecule has 1 atom stereocenters. The Morgan fingerprint density at radius 1 is 1.32 bits per heavy atom. The van der Waals surface area contributed by atoms with Gasteiger partial charge in [-0.15, -0.1) is 0 Å². The van der Waals surface area contributed by atoms with Crippen LogP contribution >= 0.6 is 0 Å². The van der Waals surface area contributed by atoms with Crippen LogP contribution in [0.5, 0.6) is 5.75 Å². The van der Waals surface area contributed by atoms with Crippen LogP contribution in [0.2, 0.25) is 0 Å². The van der Waals surface area contributed by atoms with Crippen molar-refractivity contribution >= 4 is 5.97 Å². The van der Waals surface area contributed by atoms with Gasteiger partial charge in [-0.25, -0.2) is 0 Å². The largest absolute Gasteiger partial charge is 0.545 e. The summed E-state index contributed by atoms with van der Waals surface area (Å²) in [5, 5.41) is 10.9. The van der Waals surface area contributed by atoms with E-state index >= 15 is 0 Å². The Kier molecular flexibility index (Phi) is 6.97. The van der Waals surface area contributed by atoms with Crippen molar-refractivity contribution in [1.82, 2.24) is 0 Å². The molecule has 0 bridgehead atoms. The summed E-state index contributed by atoms with van der Waals surface area (Å²) in [5.74, 6) is -0.639. The number of para-hydroxylation sites is 1. The Morgan fingerprint density at radius 3 is 2.68 bits per heavy atom. The molecule has 1 aromatic rings. The van der Waals surface area contributed by atoms with Gasteiger partial charge in [0.15, 0.2) is 5.75 Å². The van der Waals surface area contributed by atoms with Crippen molar-refractivity contribution in [2.45, 2.75) is 39.5 Å². The normalized spacial score (nSPS) is 12.1. The molecule has 0 N–H and O–H groups in total. The number of hydrogen-bond acceptors (Lipinski definition) is 4. The monoisotopic (exact) mass is 265 g/mol. The number of carboxylic acids is 1. The Morgan fingerprint density at radius 2 is 2.05 bits per heavy atom. The minimum absolute atomic E-state index is 0.00380. The smallest absolute Gasteiger partial charge is 0.174 e. The molecule has 0 spiro atoms. The summed E-state index contributed by atoms with van der Waals surface area (Å²) in [6.45, 7) is 4.73. The number of unbranched alkanes of at least 4 members (excludes halogenated alkanes) is 1. The van der Waals surface area contributed by atoms with Gasteiger partial charge in [-0.2, -0.15) is 4.89 Å². The van der Waals surface area contributed by atoms with E-state index in [1.54, 1.807) is 18.2 Å². The molecule has 0 aromatic heterocycles. The fourth-order valence-electron chi connectivity index (χ4n) is 1.80. The van der Waals surface area contributed by atoms with E-state index in [1.807, 2.05) is 0 Å². The number of carboxylic acid groups (broad SMARTS) is 1. The summed E-state index contributed by atoms with van der Waals surface area (Å²) in [6, 6.07) is 6.30. The van der Waals surface area contributed by atoms with Gasteiger partial charge in [-0.05, 0) is 24.5 Å². The average molecular weight is 265 g/mol. The van der Waals surface area contributed by atoms with Crippen LogP contribution < -0.4 is 9.99 Å². The summed E-state index contributed by atoms with van der Waals surface area (Å²) in [4.78, 5) is 21.1. The Labute approximate surface area is 114 Å². The molecule has 0 aliphatic rings. The van der Waals surface area contributed by atoms with Crippen LogP contribution in [-0.4, -0.2) is 12.6 Å². The molecule has 0 heterocycles. The van der Waals surface area contributed by atoms with Gasteiger partial charge >= 0.3 is 0 Å². The second kappa shape index (κ2) is 8.53. The molecule has 4 nitrogen and oxygen atoms in total. The minimum Gasteiger partial charge on any atom is -0.545 e. The van der Waals surface area contributed by atoms with Gasteiger partial charge in [0.25, 0.3) is 0 Å². The van der Waals surface area contributed by atoms with Crippen molar-refractivity contribution in [3.8, 4) is 5.75 Å². The third kappa shape index (κ3) is 5.30. The van der Waals surface area contributed by atoms with E-state index < -0.39 is 5.97 Å². The standard InChI is InChI=1S/C15H22O4/c1-3-5-8-12(4-2)11-18-19-14-10-7-6-9-13(14)15(16)17/h6-7,9-10,12H,3-5,8,11H2,1-2H3,(H,16,17)/p-1. The van der Waals surface area contributed by atoms with E-state index in [4.69, 9.17) is 9.78 Å². The van der Waals surface area contributed by atoms with Gasteiger partial charge < -0.3 is 14.8 Å². The number of aromatic carboxylic acids is 1. The molecule has 1 unspecified atom stereocenters. The maximum Gasteiger partial charge on any atom is 0.174 e. The van der Waals surface area contributed by atoms with E-state index in [9.17, 15) is 9.90 Å². The highest BCUT2D eigenvalue weighted by Crippen LogP contribution is 2.19. The highest BCUT2D eigenvalue weighted by Gasteiger charge is 2.09. The van der Waals surface area contributed by atoms with Crippen molar-refractivity contribution < 1.29 is 19.7 Å². The first kappa shape index (κ1) is 15.5. The van der Waals surface area contributed by atoms with Crippen molar-refractivity contribution in [1.29, 1.82) is 0 Å². The lowest BCUT2D eigenvalue weighted by atomic mass is 10.0. The predicted molar refractivity (Wildman–Crippen MR) is 70.7 cm³/mol. The molecule has 0 amide bonds. The maximum absolute atomic E-state index is 10.9. The van der Waals surface area contributed by atoms with E-state index in [2.05, 4.69) is 13.8 Å². The van der Waals surface area contributed by atoms with Gasteiger partial charge in [0.2, 0.25) is 0 Å². The van der Waals surface area contributed by atoms with Crippen LogP contribution in [-0.2, 0) is 4.89 Å². The first-order chi connectivity index (χ1) is 9.19. The molecular weight excluding hydrogens is 244 g/mol. The second-order valence-corrected chi connectivity index (χ2v) is 4.57. The van der Waals surface area contributed by atoms with Crippen LogP contribution in [0.15, 0.2) is 24.3 Å². The molecule has 0 aliphatic carbocycles.